The Bertz CT molecular complexity index is 779. The molecular formula is C24H32N2O3. The van der Waals surface area contributed by atoms with Crippen molar-refractivity contribution in [2.45, 2.75) is 32.2 Å². The minimum Gasteiger partial charge on any atom is -0.497 e. The fraction of sp³-hybridized carbons (Fsp3) is 0.458. The Morgan fingerprint density at radius 1 is 1.14 bits per heavy atom. The summed E-state index contributed by atoms with van der Waals surface area (Å²) in [5.41, 5.74) is 2.35. The lowest BCUT2D eigenvalue weighted by molar-refractivity contribution is -0.121. The summed E-state index contributed by atoms with van der Waals surface area (Å²) < 4.78 is 10.7. The van der Waals surface area contributed by atoms with Crippen molar-refractivity contribution in [1.82, 2.24) is 10.2 Å². The van der Waals surface area contributed by atoms with Gasteiger partial charge in [0.1, 0.15) is 11.5 Å². The third-order valence-electron chi connectivity index (χ3n) is 5.55. The van der Waals surface area contributed by atoms with Crippen LogP contribution in [0.5, 0.6) is 11.5 Å². The van der Waals surface area contributed by atoms with Crippen molar-refractivity contribution in [2.75, 3.05) is 33.9 Å². The van der Waals surface area contributed by atoms with Gasteiger partial charge in [0.25, 0.3) is 0 Å². The van der Waals surface area contributed by atoms with E-state index >= 15 is 0 Å². The molecule has 0 aromatic heterocycles. The van der Waals surface area contributed by atoms with Crippen LogP contribution in [-0.4, -0.2) is 44.7 Å². The van der Waals surface area contributed by atoms with E-state index in [1.807, 2.05) is 18.2 Å². The Morgan fingerprint density at radius 2 is 1.97 bits per heavy atom. The standard InChI is InChI=1S/C24H32N2O3/c1-28-22-11-12-23(29-2)21(15-22)10-13-24(27)25-16-20-9-6-14-26(18-20)17-19-7-4-3-5-8-19/h3-5,7-8,11-12,15,20H,6,9-10,13-14,16-18H2,1-2H3,(H,25,27). The number of methoxy groups -OCH3 is 2. The third-order valence-corrected chi connectivity index (χ3v) is 5.55. The summed E-state index contributed by atoms with van der Waals surface area (Å²) in [5, 5.41) is 3.14. The zero-order chi connectivity index (χ0) is 20.5. The molecule has 0 radical (unpaired) electrons. The van der Waals surface area contributed by atoms with Gasteiger partial charge in [-0.15, -0.1) is 0 Å². The van der Waals surface area contributed by atoms with E-state index in [2.05, 4.69) is 40.5 Å². The maximum Gasteiger partial charge on any atom is 0.220 e. The Kier molecular flexibility index (Phi) is 7.94. The summed E-state index contributed by atoms with van der Waals surface area (Å²) in [5.74, 6) is 2.18. The van der Waals surface area contributed by atoms with Crippen LogP contribution >= 0.6 is 0 Å². The predicted octanol–water partition coefficient (Wildman–Crippen LogP) is 3.66. The van der Waals surface area contributed by atoms with Crippen molar-refractivity contribution in [2.24, 2.45) is 5.92 Å². The molecule has 1 saturated heterocycles. The summed E-state index contributed by atoms with van der Waals surface area (Å²) in [6.07, 6.45) is 3.45. The number of rotatable bonds is 9. The Balaban J connectivity index is 1.43. The predicted molar refractivity (Wildman–Crippen MR) is 115 cm³/mol. The quantitative estimate of drug-likeness (QED) is 0.703. The number of nitrogens with one attached hydrogen (secondary N) is 1. The molecule has 0 bridgehead atoms. The zero-order valence-electron chi connectivity index (χ0n) is 17.5. The van der Waals surface area contributed by atoms with Gasteiger partial charge in [-0.05, 0) is 61.1 Å². The first-order valence-electron chi connectivity index (χ1n) is 10.4. The fourth-order valence-corrected chi connectivity index (χ4v) is 3.98. The van der Waals surface area contributed by atoms with Gasteiger partial charge >= 0.3 is 0 Å². The average molecular weight is 397 g/mol. The number of hydrogen-bond donors (Lipinski definition) is 1. The Labute approximate surface area is 174 Å². The van der Waals surface area contributed by atoms with Crippen LogP contribution in [0.1, 0.15) is 30.4 Å². The SMILES string of the molecule is COc1ccc(OC)c(CCC(=O)NCC2CCCN(Cc3ccccc3)C2)c1. The number of likely N-dealkylation sites (tertiary alicyclic amines) is 1. The molecule has 1 aliphatic heterocycles. The van der Waals surface area contributed by atoms with Crippen LogP contribution in [0.4, 0.5) is 0 Å². The lowest BCUT2D eigenvalue weighted by Gasteiger charge is -2.32. The second-order valence-corrected chi connectivity index (χ2v) is 7.71. The second-order valence-electron chi connectivity index (χ2n) is 7.71. The number of hydrogen-bond acceptors (Lipinski definition) is 4. The van der Waals surface area contributed by atoms with Crippen molar-refractivity contribution < 1.29 is 14.3 Å². The first kappa shape index (κ1) is 21.2. The number of amides is 1. The molecule has 3 rings (SSSR count). The van der Waals surface area contributed by atoms with Gasteiger partial charge < -0.3 is 14.8 Å². The number of piperidine rings is 1. The minimum absolute atomic E-state index is 0.0926. The smallest absolute Gasteiger partial charge is 0.220 e. The summed E-state index contributed by atoms with van der Waals surface area (Å²) in [6.45, 7) is 3.91. The van der Waals surface area contributed by atoms with Crippen molar-refractivity contribution >= 4 is 5.91 Å². The minimum atomic E-state index is 0.0926. The molecular weight excluding hydrogens is 364 g/mol. The highest BCUT2D eigenvalue weighted by Crippen LogP contribution is 2.25. The zero-order valence-corrected chi connectivity index (χ0v) is 17.5. The maximum atomic E-state index is 12.4. The molecule has 0 spiro atoms. The number of aryl methyl sites for hydroxylation is 1. The van der Waals surface area contributed by atoms with Crippen LogP contribution in [0.15, 0.2) is 48.5 Å². The van der Waals surface area contributed by atoms with Crippen LogP contribution in [0.25, 0.3) is 0 Å². The van der Waals surface area contributed by atoms with E-state index < -0.39 is 0 Å². The van der Waals surface area contributed by atoms with Gasteiger partial charge in [-0.1, -0.05) is 30.3 Å². The van der Waals surface area contributed by atoms with E-state index in [0.717, 1.165) is 43.2 Å². The number of benzene rings is 2. The highest BCUT2D eigenvalue weighted by atomic mass is 16.5. The molecule has 0 aliphatic carbocycles. The van der Waals surface area contributed by atoms with Crippen LogP contribution in [-0.2, 0) is 17.8 Å². The molecule has 1 N–H and O–H groups in total. The molecule has 1 aliphatic rings. The van der Waals surface area contributed by atoms with E-state index in [4.69, 9.17) is 9.47 Å². The van der Waals surface area contributed by atoms with Crippen molar-refractivity contribution in [3.05, 3.63) is 59.7 Å². The monoisotopic (exact) mass is 396 g/mol. The molecule has 29 heavy (non-hydrogen) atoms. The van der Waals surface area contributed by atoms with Gasteiger partial charge in [0.15, 0.2) is 0 Å². The topological polar surface area (TPSA) is 50.8 Å². The van der Waals surface area contributed by atoms with Gasteiger partial charge in [-0.3, -0.25) is 9.69 Å². The number of carbonyl (C=O) groups excluding carboxylic acids is 1. The number of carbonyl (C=O) groups is 1. The van der Waals surface area contributed by atoms with Gasteiger partial charge in [-0.2, -0.15) is 0 Å². The fourth-order valence-electron chi connectivity index (χ4n) is 3.98. The number of nitrogens with zero attached hydrogens (tertiary/aromatic N) is 1. The summed E-state index contributed by atoms with van der Waals surface area (Å²) in [7, 11) is 3.29. The van der Waals surface area contributed by atoms with E-state index in [-0.39, 0.29) is 5.91 Å². The molecule has 1 heterocycles. The summed E-state index contributed by atoms with van der Waals surface area (Å²) >= 11 is 0. The van der Waals surface area contributed by atoms with E-state index in [1.54, 1.807) is 14.2 Å². The molecule has 0 saturated carbocycles. The van der Waals surface area contributed by atoms with Crippen LogP contribution in [0, 0.1) is 5.92 Å². The molecule has 5 nitrogen and oxygen atoms in total. The molecule has 2 aromatic carbocycles. The van der Waals surface area contributed by atoms with E-state index in [0.29, 0.717) is 18.8 Å². The van der Waals surface area contributed by atoms with Crippen LogP contribution in [0.3, 0.4) is 0 Å². The third kappa shape index (κ3) is 6.50. The van der Waals surface area contributed by atoms with Crippen molar-refractivity contribution in [3.8, 4) is 11.5 Å². The molecule has 156 valence electrons. The maximum absolute atomic E-state index is 12.4. The van der Waals surface area contributed by atoms with Crippen molar-refractivity contribution in [1.29, 1.82) is 0 Å². The van der Waals surface area contributed by atoms with Gasteiger partial charge in [0, 0.05) is 26.1 Å². The molecule has 1 unspecified atom stereocenters. The molecule has 1 fully saturated rings. The van der Waals surface area contributed by atoms with Crippen molar-refractivity contribution in [3.63, 3.8) is 0 Å². The van der Waals surface area contributed by atoms with Gasteiger partial charge in [-0.25, -0.2) is 0 Å². The molecule has 1 amide bonds. The van der Waals surface area contributed by atoms with E-state index in [9.17, 15) is 4.79 Å². The van der Waals surface area contributed by atoms with Crippen LogP contribution < -0.4 is 14.8 Å². The molecule has 5 heteroatoms. The normalized spacial score (nSPS) is 17.0. The lowest BCUT2D eigenvalue weighted by atomic mass is 9.97. The van der Waals surface area contributed by atoms with Crippen LogP contribution in [0.2, 0.25) is 0 Å². The number of ether oxygens (including phenoxy) is 2. The highest BCUT2D eigenvalue weighted by molar-refractivity contribution is 5.76. The lowest BCUT2D eigenvalue weighted by Crippen LogP contribution is -2.40. The second kappa shape index (κ2) is 10.9. The Hall–Kier alpha value is -2.53. The summed E-state index contributed by atoms with van der Waals surface area (Å²) in [6, 6.07) is 16.3. The Morgan fingerprint density at radius 3 is 2.72 bits per heavy atom. The highest BCUT2D eigenvalue weighted by Gasteiger charge is 2.20. The largest absolute Gasteiger partial charge is 0.497 e. The average Bonchev–Trinajstić information content (AvgIpc) is 2.77. The van der Waals surface area contributed by atoms with Gasteiger partial charge in [0.2, 0.25) is 5.91 Å². The van der Waals surface area contributed by atoms with Gasteiger partial charge in [0.05, 0.1) is 14.2 Å². The molecule has 1 atom stereocenters. The first-order chi connectivity index (χ1) is 14.2. The molecule has 2 aromatic rings. The summed E-state index contributed by atoms with van der Waals surface area (Å²) in [4.78, 5) is 14.9. The van der Waals surface area contributed by atoms with E-state index in [1.165, 1.54) is 18.4 Å². The first-order valence-corrected chi connectivity index (χ1v) is 10.4.